The molecule has 0 amide bonds. The molecule has 1 aliphatic carbocycles. The highest BCUT2D eigenvalue weighted by Crippen LogP contribution is 2.33. The van der Waals surface area contributed by atoms with E-state index in [1.165, 1.54) is 18.2 Å². The SMILES string of the molecule is COCCN(C)[C@H]1CC[C@H](Nc2cccc3c2cc(C#CCNc2ccc(S(N)(=O)=O)cc2OCC#N)n3CC(F)(F)F)CC1. The van der Waals surface area contributed by atoms with Crippen molar-refractivity contribution < 1.29 is 31.1 Å². The van der Waals surface area contributed by atoms with Crippen LogP contribution >= 0.6 is 0 Å². The first-order chi connectivity index (χ1) is 21.4. The average molecular weight is 647 g/mol. The molecule has 45 heavy (non-hydrogen) atoms. The largest absolute Gasteiger partial charge is 0.477 e. The summed E-state index contributed by atoms with van der Waals surface area (Å²) in [4.78, 5) is 2.12. The number of ether oxygens (including phenoxy) is 2. The Balaban J connectivity index is 1.53. The van der Waals surface area contributed by atoms with Gasteiger partial charge in [-0.3, -0.25) is 0 Å². The minimum absolute atomic E-state index is 0.00163. The number of sulfonamides is 1. The third kappa shape index (κ3) is 9.28. The van der Waals surface area contributed by atoms with E-state index in [0.29, 0.717) is 29.2 Å². The van der Waals surface area contributed by atoms with Crippen LogP contribution in [0.1, 0.15) is 31.4 Å². The summed E-state index contributed by atoms with van der Waals surface area (Å²) in [5.41, 5.74) is 1.73. The van der Waals surface area contributed by atoms with Gasteiger partial charge in [-0.1, -0.05) is 12.0 Å². The molecule has 0 radical (unpaired) electrons. The van der Waals surface area contributed by atoms with Crippen LogP contribution < -0.4 is 20.5 Å². The summed E-state index contributed by atoms with van der Waals surface area (Å²) in [7, 11) is -0.215. The number of nitrogens with one attached hydrogen (secondary N) is 2. The molecule has 4 rings (SSSR count). The maximum atomic E-state index is 13.7. The molecule has 0 unspecified atom stereocenters. The second kappa shape index (κ2) is 14.9. The van der Waals surface area contributed by atoms with Crippen LogP contribution in [0, 0.1) is 23.2 Å². The van der Waals surface area contributed by atoms with E-state index in [2.05, 4.69) is 34.4 Å². The van der Waals surface area contributed by atoms with Crippen molar-refractivity contribution in [2.45, 2.75) is 55.4 Å². The van der Waals surface area contributed by atoms with Gasteiger partial charge in [0.2, 0.25) is 10.0 Å². The molecule has 1 aliphatic rings. The van der Waals surface area contributed by atoms with E-state index in [-0.39, 0.29) is 35.5 Å². The van der Waals surface area contributed by atoms with Crippen LogP contribution in [0.5, 0.6) is 5.75 Å². The van der Waals surface area contributed by atoms with E-state index in [4.69, 9.17) is 19.9 Å². The van der Waals surface area contributed by atoms with Gasteiger partial charge in [0, 0.05) is 42.9 Å². The van der Waals surface area contributed by atoms with Crippen LogP contribution in [-0.2, 0) is 21.3 Å². The Hall–Kier alpha value is -3.95. The summed E-state index contributed by atoms with van der Waals surface area (Å²) >= 11 is 0. The molecule has 1 aromatic heterocycles. The number of alkyl halides is 3. The molecule has 0 bridgehead atoms. The van der Waals surface area contributed by atoms with Gasteiger partial charge in [0.15, 0.2) is 6.61 Å². The molecule has 242 valence electrons. The molecule has 2 aromatic carbocycles. The molecule has 3 aromatic rings. The Kier molecular flexibility index (Phi) is 11.2. The quantitative estimate of drug-likeness (QED) is 0.245. The topological polar surface area (TPSA) is 135 Å². The van der Waals surface area contributed by atoms with Crippen LogP contribution in [-0.4, -0.2) is 76.6 Å². The summed E-state index contributed by atoms with van der Waals surface area (Å²) in [6.07, 6.45) is -0.548. The Morgan fingerprint density at radius 2 is 1.89 bits per heavy atom. The van der Waals surface area contributed by atoms with Gasteiger partial charge in [-0.15, -0.1) is 0 Å². The Bertz CT molecular complexity index is 1680. The lowest BCUT2D eigenvalue weighted by Crippen LogP contribution is -2.39. The van der Waals surface area contributed by atoms with Crippen LogP contribution in [0.3, 0.4) is 0 Å². The summed E-state index contributed by atoms with van der Waals surface area (Å²) in [6, 6.07) is 13.3. The molecule has 0 atom stereocenters. The predicted octanol–water partition coefficient (Wildman–Crippen LogP) is 4.52. The van der Waals surface area contributed by atoms with Gasteiger partial charge in [0.25, 0.3) is 0 Å². The first-order valence-electron chi connectivity index (χ1n) is 14.4. The van der Waals surface area contributed by atoms with E-state index in [1.54, 1.807) is 31.4 Å². The molecule has 14 heteroatoms. The fourth-order valence-corrected chi connectivity index (χ4v) is 6.02. The predicted molar refractivity (Wildman–Crippen MR) is 166 cm³/mol. The highest BCUT2D eigenvalue weighted by atomic mass is 32.2. The lowest BCUT2D eigenvalue weighted by atomic mass is 9.90. The normalized spacial score (nSPS) is 17.0. The lowest BCUT2D eigenvalue weighted by molar-refractivity contribution is -0.140. The lowest BCUT2D eigenvalue weighted by Gasteiger charge is -2.35. The van der Waals surface area contributed by atoms with Gasteiger partial charge >= 0.3 is 6.18 Å². The number of rotatable bonds is 12. The van der Waals surface area contributed by atoms with Gasteiger partial charge in [-0.2, -0.15) is 18.4 Å². The zero-order chi connectivity index (χ0) is 32.6. The number of methoxy groups -OCH3 is 1. The molecule has 0 aliphatic heterocycles. The number of aromatic nitrogens is 1. The number of hydrogen-bond donors (Lipinski definition) is 3. The number of nitrogens with zero attached hydrogens (tertiary/aromatic N) is 3. The fraction of sp³-hybridized carbons (Fsp3) is 0.452. The summed E-state index contributed by atoms with van der Waals surface area (Å²) in [5, 5.41) is 21.2. The zero-order valence-electron chi connectivity index (χ0n) is 25.2. The molecular weight excluding hydrogens is 609 g/mol. The number of likely N-dealkylation sites (N-methyl/N-ethyl adjacent to an activating group) is 1. The van der Waals surface area contributed by atoms with Gasteiger partial charge in [-0.25, -0.2) is 13.6 Å². The van der Waals surface area contributed by atoms with Crippen molar-refractivity contribution in [3.8, 4) is 23.7 Å². The Morgan fingerprint density at radius 3 is 2.56 bits per heavy atom. The number of hydrogen-bond acceptors (Lipinski definition) is 8. The highest BCUT2D eigenvalue weighted by molar-refractivity contribution is 7.89. The number of primary sulfonamides is 1. The van der Waals surface area contributed by atoms with Crippen LogP contribution in [0.25, 0.3) is 10.9 Å². The van der Waals surface area contributed by atoms with Crippen molar-refractivity contribution in [1.82, 2.24) is 9.47 Å². The first-order valence-corrected chi connectivity index (χ1v) is 16.0. The number of fused-ring (bicyclic) bond motifs is 1. The Morgan fingerprint density at radius 1 is 1.13 bits per heavy atom. The summed E-state index contributed by atoms with van der Waals surface area (Å²) < 4.78 is 76.1. The van der Waals surface area contributed by atoms with Crippen LogP contribution in [0.4, 0.5) is 24.5 Å². The monoisotopic (exact) mass is 646 g/mol. The average Bonchev–Trinajstić information content (AvgIpc) is 3.33. The molecule has 10 nitrogen and oxygen atoms in total. The second-order valence-electron chi connectivity index (χ2n) is 10.9. The first kappa shape index (κ1) is 33.9. The number of anilines is 2. The van der Waals surface area contributed by atoms with E-state index >= 15 is 0 Å². The minimum Gasteiger partial charge on any atom is -0.477 e. The van der Waals surface area contributed by atoms with Crippen LogP contribution in [0.15, 0.2) is 47.4 Å². The minimum atomic E-state index is -4.46. The van der Waals surface area contributed by atoms with Crippen molar-refractivity contribution >= 4 is 32.3 Å². The van der Waals surface area contributed by atoms with Gasteiger partial charge in [0.05, 0.1) is 34.9 Å². The van der Waals surface area contributed by atoms with Crippen molar-refractivity contribution in [2.24, 2.45) is 5.14 Å². The Labute approximate surface area is 261 Å². The van der Waals surface area contributed by atoms with Gasteiger partial charge in [-0.05, 0) is 69.0 Å². The maximum Gasteiger partial charge on any atom is 0.406 e. The molecule has 0 saturated heterocycles. The van der Waals surface area contributed by atoms with Crippen LogP contribution in [0.2, 0.25) is 0 Å². The zero-order valence-corrected chi connectivity index (χ0v) is 26.0. The molecule has 1 saturated carbocycles. The molecule has 4 N–H and O–H groups in total. The molecule has 1 fully saturated rings. The van der Waals surface area contributed by atoms with E-state index in [0.717, 1.165) is 42.5 Å². The van der Waals surface area contributed by atoms with E-state index in [1.807, 2.05) is 6.07 Å². The highest BCUT2D eigenvalue weighted by Gasteiger charge is 2.30. The van der Waals surface area contributed by atoms with Gasteiger partial charge in [0.1, 0.15) is 18.4 Å². The number of nitrogens with two attached hydrogens (primary N) is 1. The molecule has 0 spiro atoms. The number of halogens is 3. The summed E-state index contributed by atoms with van der Waals surface area (Å²) in [5.74, 6) is 5.78. The second-order valence-corrected chi connectivity index (χ2v) is 12.5. The van der Waals surface area contributed by atoms with Crippen molar-refractivity contribution in [3.63, 3.8) is 0 Å². The molecular formula is C31H37F3N6O4S. The van der Waals surface area contributed by atoms with Gasteiger partial charge < -0.3 is 29.6 Å². The fourth-order valence-electron chi connectivity index (χ4n) is 5.49. The maximum absolute atomic E-state index is 13.7. The van der Waals surface area contributed by atoms with E-state index in [9.17, 15) is 21.6 Å². The molecule has 1 heterocycles. The van der Waals surface area contributed by atoms with E-state index < -0.39 is 22.7 Å². The number of benzene rings is 2. The smallest absolute Gasteiger partial charge is 0.406 e. The standard InChI is InChI=1S/C31H37F3N6O4S/c1-39(16-18-43-2)23-10-8-22(9-11-23)38-27-6-3-7-29-26(27)19-24(40(29)21-31(32,33)34)5-4-15-37-28-13-12-25(45(36,41)42)20-30(28)44-17-14-35/h3,6-7,12-13,19-20,22-23,37-38H,8-11,15-18,21H2,1-2H3,(H2,36,41,42)/t22-,23-. The third-order valence-electron chi connectivity index (χ3n) is 7.77. The summed E-state index contributed by atoms with van der Waals surface area (Å²) in [6.45, 7) is 0.00962. The third-order valence-corrected chi connectivity index (χ3v) is 8.68. The van der Waals surface area contributed by atoms with Crippen molar-refractivity contribution in [3.05, 3.63) is 48.2 Å². The van der Waals surface area contributed by atoms with Crippen molar-refractivity contribution in [2.75, 3.05) is 51.1 Å². The van der Waals surface area contributed by atoms with Crippen molar-refractivity contribution in [1.29, 1.82) is 5.26 Å². The number of nitriles is 1.